The molecule has 46 heavy (non-hydrogen) atoms. The predicted molar refractivity (Wildman–Crippen MR) is 182 cm³/mol. The minimum Gasteiger partial charge on any atom is -0.379 e. The molecule has 2 saturated heterocycles. The second-order valence-electron chi connectivity index (χ2n) is 11.9. The fourth-order valence-electron chi connectivity index (χ4n) is 7.03. The van der Waals surface area contributed by atoms with Crippen molar-refractivity contribution in [3.8, 4) is 22.3 Å². The average Bonchev–Trinajstić information content (AvgIpc) is 3.57. The van der Waals surface area contributed by atoms with Crippen molar-refractivity contribution in [2.45, 2.75) is 11.2 Å². The lowest BCUT2D eigenvalue weighted by Crippen LogP contribution is -2.30. The summed E-state index contributed by atoms with van der Waals surface area (Å²) in [6.07, 6.45) is 0. The van der Waals surface area contributed by atoms with E-state index < -0.39 is 11.2 Å². The van der Waals surface area contributed by atoms with Gasteiger partial charge < -0.3 is 30.3 Å². The number of nitrogens with one attached hydrogen (secondary N) is 2. The Balaban J connectivity index is 0.000000236. The van der Waals surface area contributed by atoms with E-state index >= 15 is 0 Å². The molecule has 4 N–H and O–H groups in total. The fraction of sp³-hybridized carbons (Fsp3) is 0.250. The zero-order valence-electron chi connectivity index (χ0n) is 25.9. The molecule has 0 unspecified atom stereocenters. The first-order valence-electron chi connectivity index (χ1n) is 16.1. The number of morpholine rings is 2. The summed E-state index contributed by atoms with van der Waals surface area (Å²) in [5, 5.41) is 30.6. The minimum atomic E-state index is -1.24. The summed E-state index contributed by atoms with van der Waals surface area (Å²) >= 11 is 0. The Morgan fingerprint density at radius 1 is 0.391 bits per heavy atom. The van der Waals surface area contributed by atoms with E-state index in [1.807, 2.05) is 97.1 Å². The van der Waals surface area contributed by atoms with Gasteiger partial charge in [0.15, 0.2) is 0 Å². The molecular formula is C40H40N2O4. The number of aliphatic hydroxyl groups is 2. The van der Waals surface area contributed by atoms with Crippen molar-refractivity contribution in [2.24, 2.45) is 0 Å². The van der Waals surface area contributed by atoms with E-state index in [0.717, 1.165) is 108 Å². The van der Waals surface area contributed by atoms with E-state index in [4.69, 9.17) is 9.47 Å². The van der Waals surface area contributed by atoms with Crippen LogP contribution in [-0.4, -0.2) is 62.8 Å². The molecule has 2 aliphatic carbocycles. The maximum Gasteiger partial charge on any atom is 0.141 e. The first kappa shape index (κ1) is 30.5. The molecule has 0 spiro atoms. The van der Waals surface area contributed by atoms with Crippen LogP contribution in [0, 0.1) is 0 Å². The van der Waals surface area contributed by atoms with Crippen molar-refractivity contribution in [3.63, 3.8) is 0 Å². The molecule has 0 saturated carbocycles. The SMILES string of the molecule is C1COCCN1.C1COCCN1.OC1(c2ccc(C3(O)c4ccccc4-c4ccccc43)cc2)c2ccccc2-c2ccccc21. The minimum absolute atomic E-state index is 0.789. The Labute approximate surface area is 270 Å². The predicted octanol–water partition coefficient (Wildman–Crippen LogP) is 5.43. The van der Waals surface area contributed by atoms with Gasteiger partial charge in [-0.3, -0.25) is 0 Å². The van der Waals surface area contributed by atoms with Crippen LogP contribution in [0.5, 0.6) is 0 Å². The maximum absolute atomic E-state index is 12.1. The molecule has 0 bridgehead atoms. The van der Waals surface area contributed by atoms with E-state index in [2.05, 4.69) is 34.9 Å². The van der Waals surface area contributed by atoms with Crippen LogP contribution in [0.3, 0.4) is 0 Å². The number of ether oxygens (including phenoxy) is 2. The van der Waals surface area contributed by atoms with Crippen molar-refractivity contribution >= 4 is 0 Å². The van der Waals surface area contributed by atoms with E-state index in [-0.39, 0.29) is 0 Å². The monoisotopic (exact) mass is 612 g/mol. The number of hydrogen-bond acceptors (Lipinski definition) is 6. The summed E-state index contributed by atoms with van der Waals surface area (Å²) in [5.41, 5.74) is 6.89. The van der Waals surface area contributed by atoms with Crippen molar-refractivity contribution < 1.29 is 19.7 Å². The molecule has 5 aromatic carbocycles. The van der Waals surface area contributed by atoms with E-state index in [1.54, 1.807) is 0 Å². The molecule has 2 aliphatic heterocycles. The highest BCUT2D eigenvalue weighted by molar-refractivity contribution is 5.83. The van der Waals surface area contributed by atoms with Gasteiger partial charge >= 0.3 is 0 Å². The number of hydrogen-bond donors (Lipinski definition) is 4. The van der Waals surface area contributed by atoms with Crippen LogP contribution in [-0.2, 0) is 20.7 Å². The largest absolute Gasteiger partial charge is 0.379 e. The van der Waals surface area contributed by atoms with Gasteiger partial charge in [0.25, 0.3) is 0 Å². The maximum atomic E-state index is 12.1. The van der Waals surface area contributed by atoms with E-state index in [0.29, 0.717) is 0 Å². The average molecular weight is 613 g/mol. The molecule has 6 nitrogen and oxygen atoms in total. The zero-order valence-corrected chi connectivity index (χ0v) is 25.9. The molecule has 0 radical (unpaired) electrons. The second kappa shape index (κ2) is 13.3. The van der Waals surface area contributed by atoms with E-state index in [1.165, 1.54) is 0 Å². The molecule has 0 atom stereocenters. The Hall–Kier alpha value is -4.14. The third kappa shape index (κ3) is 5.37. The highest BCUT2D eigenvalue weighted by Crippen LogP contribution is 2.53. The van der Waals surface area contributed by atoms with Crippen LogP contribution in [0.25, 0.3) is 22.3 Å². The van der Waals surface area contributed by atoms with Crippen molar-refractivity contribution in [3.05, 3.63) is 155 Å². The summed E-state index contributed by atoms with van der Waals surface area (Å²) in [4.78, 5) is 0. The Kier molecular flexibility index (Phi) is 8.82. The lowest BCUT2D eigenvalue weighted by atomic mass is 9.80. The molecular weight excluding hydrogens is 572 g/mol. The molecule has 4 aliphatic rings. The van der Waals surface area contributed by atoms with Crippen LogP contribution < -0.4 is 10.6 Å². The first-order valence-corrected chi connectivity index (χ1v) is 16.1. The lowest BCUT2D eigenvalue weighted by Gasteiger charge is -2.29. The van der Waals surface area contributed by atoms with Gasteiger partial charge in [-0.15, -0.1) is 0 Å². The summed E-state index contributed by atoms with van der Waals surface area (Å²) < 4.78 is 10.0. The topological polar surface area (TPSA) is 83.0 Å². The first-order chi connectivity index (χ1) is 22.6. The highest BCUT2D eigenvalue weighted by Gasteiger charge is 2.45. The fourth-order valence-corrected chi connectivity index (χ4v) is 7.03. The lowest BCUT2D eigenvalue weighted by molar-refractivity contribution is 0.109. The van der Waals surface area contributed by atoms with Crippen LogP contribution >= 0.6 is 0 Å². The van der Waals surface area contributed by atoms with Gasteiger partial charge in [-0.1, -0.05) is 121 Å². The van der Waals surface area contributed by atoms with Crippen LogP contribution in [0.15, 0.2) is 121 Å². The molecule has 234 valence electrons. The van der Waals surface area contributed by atoms with Crippen molar-refractivity contribution in [2.75, 3.05) is 52.6 Å². The van der Waals surface area contributed by atoms with Gasteiger partial charge in [-0.05, 0) is 33.4 Å². The summed E-state index contributed by atoms with van der Waals surface area (Å²) in [6.45, 7) is 7.67. The van der Waals surface area contributed by atoms with Gasteiger partial charge in [0.05, 0.1) is 26.4 Å². The molecule has 2 heterocycles. The standard InChI is InChI=1S/C32H22O2.2C4H9NO/c33-31(27-13-5-1-9-23(27)24-10-2-6-14-28(24)31)21-17-19-22(20-18-21)32(34)29-15-7-3-11-25(29)26-12-4-8-16-30(26)32;2*1-3-6-4-2-5-1/h1-20,33-34H;2*5H,1-4H2. The Morgan fingerprint density at radius 2 is 0.652 bits per heavy atom. The molecule has 0 amide bonds. The van der Waals surface area contributed by atoms with Crippen LogP contribution in [0.1, 0.15) is 33.4 Å². The number of benzene rings is 5. The van der Waals surface area contributed by atoms with Crippen molar-refractivity contribution in [1.29, 1.82) is 0 Å². The third-order valence-corrected chi connectivity index (χ3v) is 9.26. The summed E-state index contributed by atoms with van der Waals surface area (Å²) in [7, 11) is 0. The normalized spacial score (nSPS) is 18.0. The quantitative estimate of drug-likeness (QED) is 0.213. The van der Waals surface area contributed by atoms with Gasteiger partial charge in [-0.25, -0.2) is 0 Å². The molecule has 9 rings (SSSR count). The molecule has 2 fully saturated rings. The molecule has 0 aromatic heterocycles. The van der Waals surface area contributed by atoms with E-state index in [9.17, 15) is 10.2 Å². The van der Waals surface area contributed by atoms with Crippen LogP contribution in [0.4, 0.5) is 0 Å². The zero-order chi connectivity index (χ0) is 31.4. The van der Waals surface area contributed by atoms with Crippen LogP contribution in [0.2, 0.25) is 0 Å². The third-order valence-electron chi connectivity index (χ3n) is 9.26. The highest BCUT2D eigenvalue weighted by atomic mass is 16.5. The molecule has 6 heteroatoms. The van der Waals surface area contributed by atoms with Gasteiger partial charge in [-0.2, -0.15) is 0 Å². The van der Waals surface area contributed by atoms with Gasteiger partial charge in [0, 0.05) is 48.4 Å². The Bertz CT molecular complexity index is 1550. The number of rotatable bonds is 2. The molecule has 5 aromatic rings. The van der Waals surface area contributed by atoms with Gasteiger partial charge in [0.2, 0.25) is 0 Å². The Morgan fingerprint density at radius 3 is 0.870 bits per heavy atom. The second-order valence-corrected chi connectivity index (χ2v) is 11.9. The number of fused-ring (bicyclic) bond motifs is 6. The smallest absolute Gasteiger partial charge is 0.141 e. The van der Waals surface area contributed by atoms with Gasteiger partial charge in [0.1, 0.15) is 11.2 Å². The summed E-state index contributed by atoms with van der Waals surface area (Å²) in [6, 6.07) is 40.0. The van der Waals surface area contributed by atoms with Crippen molar-refractivity contribution in [1.82, 2.24) is 10.6 Å². The summed E-state index contributed by atoms with van der Waals surface area (Å²) in [5.74, 6) is 0.